The molecule has 0 aliphatic carbocycles. The van der Waals surface area contributed by atoms with Crippen LogP contribution in [-0.4, -0.2) is 18.4 Å². The smallest absolute Gasteiger partial charge is 0.248 e. The van der Waals surface area contributed by atoms with Gasteiger partial charge in [-0.2, -0.15) is 0 Å². The molecule has 0 radical (unpaired) electrons. The van der Waals surface area contributed by atoms with Crippen molar-refractivity contribution >= 4 is 29.3 Å². The predicted molar refractivity (Wildman–Crippen MR) is 89.0 cm³/mol. The van der Waals surface area contributed by atoms with Gasteiger partial charge >= 0.3 is 0 Å². The van der Waals surface area contributed by atoms with Crippen molar-refractivity contribution in [3.63, 3.8) is 0 Å². The van der Waals surface area contributed by atoms with Crippen LogP contribution in [-0.2, 0) is 9.59 Å². The Bertz CT molecular complexity index is 720. The van der Waals surface area contributed by atoms with Crippen LogP contribution in [0.1, 0.15) is 25.0 Å². The van der Waals surface area contributed by atoms with Crippen LogP contribution < -0.4 is 10.2 Å². The molecule has 0 bridgehead atoms. The molecule has 2 aromatic rings. The summed E-state index contributed by atoms with van der Waals surface area (Å²) in [5.41, 5.74) is 1.48. The molecule has 1 aliphatic heterocycles. The van der Waals surface area contributed by atoms with Crippen LogP contribution in [0.5, 0.6) is 0 Å². The molecule has 0 saturated carbocycles. The van der Waals surface area contributed by atoms with Crippen molar-refractivity contribution in [2.75, 3.05) is 16.8 Å². The highest BCUT2D eigenvalue weighted by molar-refractivity contribution is 6.02. The van der Waals surface area contributed by atoms with Gasteiger partial charge in [0.25, 0.3) is 0 Å². The summed E-state index contributed by atoms with van der Waals surface area (Å²) in [7, 11) is 0. The molecule has 23 heavy (non-hydrogen) atoms. The van der Waals surface area contributed by atoms with Crippen LogP contribution >= 0.6 is 0 Å². The Balaban J connectivity index is 1.67. The molecule has 2 heterocycles. The first-order chi connectivity index (χ1) is 11.2. The molecule has 0 unspecified atom stereocenters. The number of carbonyl (C=O) groups excluding carboxylic acids is 2. The van der Waals surface area contributed by atoms with E-state index in [9.17, 15) is 9.59 Å². The van der Waals surface area contributed by atoms with Gasteiger partial charge in [0.05, 0.1) is 6.26 Å². The average Bonchev–Trinajstić information content (AvgIpc) is 3.07. The SMILES string of the molecule is O=C(/C=C/c1ccco1)Nc1cccc(N2CCCCC2=O)c1. The molecule has 0 atom stereocenters. The Morgan fingerprint density at radius 3 is 2.91 bits per heavy atom. The van der Waals surface area contributed by atoms with Gasteiger partial charge in [-0.05, 0) is 49.2 Å². The fourth-order valence-electron chi connectivity index (χ4n) is 2.56. The van der Waals surface area contributed by atoms with Crippen LogP contribution in [0.3, 0.4) is 0 Å². The third-order valence-corrected chi connectivity index (χ3v) is 3.69. The largest absolute Gasteiger partial charge is 0.465 e. The molecule has 1 aliphatic rings. The summed E-state index contributed by atoms with van der Waals surface area (Å²) in [5.74, 6) is 0.508. The highest BCUT2D eigenvalue weighted by Crippen LogP contribution is 2.23. The Labute approximate surface area is 134 Å². The number of hydrogen-bond donors (Lipinski definition) is 1. The molecule has 5 heteroatoms. The molecule has 1 N–H and O–H groups in total. The minimum absolute atomic E-state index is 0.137. The van der Waals surface area contributed by atoms with Crippen molar-refractivity contribution < 1.29 is 14.0 Å². The minimum Gasteiger partial charge on any atom is -0.465 e. The monoisotopic (exact) mass is 310 g/mol. The maximum absolute atomic E-state index is 12.0. The number of benzene rings is 1. The first-order valence-electron chi connectivity index (χ1n) is 7.65. The second-order valence-electron chi connectivity index (χ2n) is 5.39. The summed E-state index contributed by atoms with van der Waals surface area (Å²) in [5, 5.41) is 2.79. The van der Waals surface area contributed by atoms with E-state index in [1.807, 2.05) is 18.2 Å². The van der Waals surface area contributed by atoms with Gasteiger partial charge in [-0.3, -0.25) is 9.59 Å². The van der Waals surface area contributed by atoms with E-state index in [0.717, 1.165) is 25.1 Å². The summed E-state index contributed by atoms with van der Waals surface area (Å²) >= 11 is 0. The maximum Gasteiger partial charge on any atom is 0.248 e. The fourth-order valence-corrected chi connectivity index (χ4v) is 2.56. The molecule has 3 rings (SSSR count). The molecule has 1 aromatic heterocycles. The lowest BCUT2D eigenvalue weighted by Gasteiger charge is -2.27. The van der Waals surface area contributed by atoms with Gasteiger partial charge in [-0.15, -0.1) is 0 Å². The summed E-state index contributed by atoms with van der Waals surface area (Å²) in [6, 6.07) is 10.9. The van der Waals surface area contributed by atoms with E-state index >= 15 is 0 Å². The number of furan rings is 1. The summed E-state index contributed by atoms with van der Waals surface area (Å²) in [6.45, 7) is 0.731. The third-order valence-electron chi connectivity index (χ3n) is 3.69. The van der Waals surface area contributed by atoms with Crippen molar-refractivity contribution in [2.45, 2.75) is 19.3 Å². The van der Waals surface area contributed by atoms with Crippen LogP contribution in [0.15, 0.2) is 53.2 Å². The van der Waals surface area contributed by atoms with Gasteiger partial charge in [0.2, 0.25) is 11.8 Å². The fraction of sp³-hybridized carbons (Fsp3) is 0.222. The molecule has 1 aromatic carbocycles. The van der Waals surface area contributed by atoms with Gasteiger partial charge in [0, 0.05) is 30.4 Å². The van der Waals surface area contributed by atoms with Crippen molar-refractivity contribution in [2.24, 2.45) is 0 Å². The lowest BCUT2D eigenvalue weighted by molar-refractivity contribution is -0.119. The van der Waals surface area contributed by atoms with E-state index in [1.54, 1.807) is 35.4 Å². The minimum atomic E-state index is -0.247. The van der Waals surface area contributed by atoms with Crippen LogP contribution in [0.4, 0.5) is 11.4 Å². The summed E-state index contributed by atoms with van der Waals surface area (Å²) in [6.07, 6.45) is 7.11. The van der Waals surface area contributed by atoms with E-state index in [-0.39, 0.29) is 11.8 Å². The Morgan fingerprint density at radius 2 is 2.13 bits per heavy atom. The van der Waals surface area contributed by atoms with Crippen LogP contribution in [0, 0.1) is 0 Å². The zero-order valence-corrected chi connectivity index (χ0v) is 12.7. The zero-order chi connectivity index (χ0) is 16.1. The molecule has 2 amide bonds. The van der Waals surface area contributed by atoms with Gasteiger partial charge in [0.1, 0.15) is 5.76 Å². The maximum atomic E-state index is 12.0. The highest BCUT2D eigenvalue weighted by atomic mass is 16.3. The molecular formula is C18H18N2O3. The zero-order valence-electron chi connectivity index (χ0n) is 12.7. The Kier molecular flexibility index (Phi) is 4.57. The lowest BCUT2D eigenvalue weighted by atomic mass is 10.1. The number of piperidine rings is 1. The topological polar surface area (TPSA) is 62.6 Å². The number of nitrogens with zero attached hydrogens (tertiary/aromatic N) is 1. The number of rotatable bonds is 4. The molecular weight excluding hydrogens is 292 g/mol. The van der Waals surface area contributed by atoms with Gasteiger partial charge in [0.15, 0.2) is 0 Å². The quantitative estimate of drug-likeness (QED) is 0.880. The number of nitrogens with one attached hydrogen (secondary N) is 1. The van der Waals surface area contributed by atoms with Crippen molar-refractivity contribution in [3.05, 3.63) is 54.5 Å². The Hall–Kier alpha value is -2.82. The predicted octanol–water partition coefficient (Wildman–Crippen LogP) is 3.45. The average molecular weight is 310 g/mol. The second kappa shape index (κ2) is 6.96. The van der Waals surface area contributed by atoms with Crippen LogP contribution in [0.25, 0.3) is 6.08 Å². The summed E-state index contributed by atoms with van der Waals surface area (Å²) in [4.78, 5) is 25.7. The molecule has 1 fully saturated rings. The normalized spacial score (nSPS) is 15.1. The lowest BCUT2D eigenvalue weighted by Crippen LogP contribution is -2.35. The number of hydrogen-bond acceptors (Lipinski definition) is 3. The third kappa shape index (κ3) is 3.88. The second-order valence-corrected chi connectivity index (χ2v) is 5.39. The van der Waals surface area contributed by atoms with Gasteiger partial charge < -0.3 is 14.6 Å². The van der Waals surface area contributed by atoms with E-state index in [1.165, 1.54) is 6.08 Å². The number of carbonyl (C=O) groups is 2. The van der Waals surface area contributed by atoms with E-state index in [2.05, 4.69) is 5.32 Å². The number of amides is 2. The molecule has 5 nitrogen and oxygen atoms in total. The van der Waals surface area contributed by atoms with Crippen molar-refractivity contribution in [1.29, 1.82) is 0 Å². The van der Waals surface area contributed by atoms with Crippen molar-refractivity contribution in [1.82, 2.24) is 0 Å². The number of anilines is 2. The van der Waals surface area contributed by atoms with E-state index in [4.69, 9.17) is 4.42 Å². The molecule has 1 saturated heterocycles. The highest BCUT2D eigenvalue weighted by Gasteiger charge is 2.19. The molecule has 0 spiro atoms. The Morgan fingerprint density at radius 1 is 1.22 bits per heavy atom. The van der Waals surface area contributed by atoms with E-state index in [0.29, 0.717) is 17.9 Å². The molecule has 118 valence electrons. The van der Waals surface area contributed by atoms with Gasteiger partial charge in [-0.1, -0.05) is 6.07 Å². The standard InChI is InChI=1S/C18H18N2O3/c21-17(10-9-16-7-4-12-23-16)19-14-5-3-6-15(13-14)20-11-2-1-8-18(20)22/h3-7,9-10,12-13H,1-2,8,11H2,(H,19,21)/b10-9+. The van der Waals surface area contributed by atoms with Crippen molar-refractivity contribution in [3.8, 4) is 0 Å². The first kappa shape index (κ1) is 15.1. The summed E-state index contributed by atoms with van der Waals surface area (Å²) < 4.78 is 5.13. The first-order valence-corrected chi connectivity index (χ1v) is 7.65. The van der Waals surface area contributed by atoms with E-state index < -0.39 is 0 Å². The van der Waals surface area contributed by atoms with Gasteiger partial charge in [-0.25, -0.2) is 0 Å². The van der Waals surface area contributed by atoms with Crippen LogP contribution in [0.2, 0.25) is 0 Å².